The molecule has 0 bridgehead atoms. The lowest BCUT2D eigenvalue weighted by atomic mass is 9.83. The largest absolute Gasteiger partial charge is 0.492 e. The summed E-state index contributed by atoms with van der Waals surface area (Å²) in [6, 6.07) is 3.77. The van der Waals surface area contributed by atoms with E-state index >= 15 is 0 Å². The van der Waals surface area contributed by atoms with E-state index in [1.54, 1.807) is 4.90 Å². The van der Waals surface area contributed by atoms with Crippen molar-refractivity contribution in [1.29, 1.82) is 0 Å². The van der Waals surface area contributed by atoms with E-state index in [-0.39, 0.29) is 23.5 Å². The van der Waals surface area contributed by atoms with Crippen molar-refractivity contribution in [3.05, 3.63) is 51.9 Å². The summed E-state index contributed by atoms with van der Waals surface area (Å²) in [5, 5.41) is 6.20. The minimum absolute atomic E-state index is 0.117. The maximum absolute atomic E-state index is 14.9. The van der Waals surface area contributed by atoms with Crippen molar-refractivity contribution in [3.63, 3.8) is 0 Å². The molecule has 2 aromatic rings. The Hall–Kier alpha value is -3.14. The third-order valence-electron chi connectivity index (χ3n) is 7.21. The third-order valence-corrected chi connectivity index (χ3v) is 9.68. The van der Waals surface area contributed by atoms with Gasteiger partial charge in [-0.25, -0.2) is 22.6 Å². The molecular formula is C27H26ClF7N2O6S. The number of carboxylic acid groups (broad SMARTS) is 1. The zero-order valence-corrected chi connectivity index (χ0v) is 24.5. The smallest absolute Gasteiger partial charge is 0.490 e. The van der Waals surface area contributed by atoms with Crippen molar-refractivity contribution in [2.24, 2.45) is 5.41 Å². The van der Waals surface area contributed by atoms with Crippen LogP contribution in [0.1, 0.15) is 60.0 Å². The van der Waals surface area contributed by atoms with Crippen molar-refractivity contribution in [1.82, 2.24) is 4.98 Å². The van der Waals surface area contributed by atoms with Crippen LogP contribution in [0.5, 0.6) is 5.75 Å². The van der Waals surface area contributed by atoms with E-state index in [1.807, 2.05) is 6.92 Å². The molecule has 3 fully saturated rings. The molecule has 5 rings (SSSR count). The van der Waals surface area contributed by atoms with Gasteiger partial charge in [-0.05, 0) is 49.3 Å². The first-order valence-electron chi connectivity index (χ1n) is 13.2. The highest BCUT2D eigenvalue weighted by molar-refractivity contribution is 7.93. The van der Waals surface area contributed by atoms with Crippen molar-refractivity contribution < 1.29 is 58.6 Å². The van der Waals surface area contributed by atoms with Crippen molar-refractivity contribution >= 4 is 39.0 Å². The van der Waals surface area contributed by atoms with E-state index < -0.39 is 61.3 Å². The number of alkyl halides is 6. The number of carbonyl (C=O) groups is 2. The number of aliphatic carboxylic acids is 1. The molecule has 1 aliphatic heterocycles. The van der Waals surface area contributed by atoms with Gasteiger partial charge >= 0.3 is 18.3 Å². The predicted octanol–water partition coefficient (Wildman–Crippen LogP) is 6.07. The van der Waals surface area contributed by atoms with Gasteiger partial charge in [-0.15, -0.1) is 0 Å². The van der Waals surface area contributed by atoms with E-state index in [4.69, 9.17) is 26.2 Å². The van der Waals surface area contributed by atoms with Gasteiger partial charge in [0.25, 0.3) is 0 Å². The number of Topliss-reactive ketones (excluding diaryl/α,β-unsaturated/α-hetero) is 1. The lowest BCUT2D eigenvalue weighted by Gasteiger charge is -2.48. The number of pyridine rings is 1. The quantitative estimate of drug-likeness (QED) is 0.252. The Bertz CT molecular complexity index is 1550. The Morgan fingerprint density at radius 3 is 2.16 bits per heavy atom. The highest BCUT2D eigenvalue weighted by Gasteiger charge is 2.42. The number of ketones is 1. The van der Waals surface area contributed by atoms with Crippen LogP contribution in [-0.4, -0.2) is 67.1 Å². The summed E-state index contributed by atoms with van der Waals surface area (Å²) in [6.07, 6.45) is -6.15. The standard InChI is InChI=1S/C25H25ClF4N2O4S.C2HF3O2/c1-24(11-32(12-24)23-7-19(26)18(9-31-23)25(28,29)30)13-36-22-8-20(27)17(6-16(22)14-2-3-14)21(33)10-37(34,35)15-4-5-15;3-2(4,5)1(6)7/h6-9,14-15H,2-5,10-13H2,1H3;(H,6,7). The first kappa shape index (κ1) is 33.7. The van der Waals surface area contributed by atoms with E-state index in [0.717, 1.165) is 18.9 Å². The highest BCUT2D eigenvalue weighted by atomic mass is 35.5. The van der Waals surface area contributed by atoms with Gasteiger partial charge in [-0.3, -0.25) is 4.79 Å². The van der Waals surface area contributed by atoms with Crippen LogP contribution in [0, 0.1) is 11.2 Å². The second-order valence-corrected chi connectivity index (χ2v) is 14.0. The molecule has 2 heterocycles. The number of ether oxygens (including phenoxy) is 1. The fourth-order valence-electron chi connectivity index (χ4n) is 4.61. The molecule has 1 saturated heterocycles. The normalized spacial score (nSPS) is 18.2. The lowest BCUT2D eigenvalue weighted by molar-refractivity contribution is -0.192. The van der Waals surface area contributed by atoms with E-state index in [9.17, 15) is 43.9 Å². The van der Waals surface area contributed by atoms with Gasteiger partial charge in [0.15, 0.2) is 15.6 Å². The maximum atomic E-state index is 14.9. The number of carboxylic acids is 1. The van der Waals surface area contributed by atoms with Crippen LogP contribution in [0.25, 0.3) is 0 Å². The molecule has 3 aliphatic rings. The molecule has 1 aromatic heterocycles. The fraction of sp³-hybridized carbons (Fsp3) is 0.519. The van der Waals surface area contributed by atoms with E-state index in [2.05, 4.69) is 4.98 Å². The van der Waals surface area contributed by atoms with Crippen LogP contribution in [0.3, 0.4) is 0 Å². The average Bonchev–Trinajstić information content (AvgIpc) is 3.77. The van der Waals surface area contributed by atoms with Crippen molar-refractivity contribution in [2.75, 3.05) is 30.3 Å². The van der Waals surface area contributed by atoms with Gasteiger partial charge in [0.05, 0.1) is 28.0 Å². The summed E-state index contributed by atoms with van der Waals surface area (Å²) in [5.74, 6) is -4.27. The summed E-state index contributed by atoms with van der Waals surface area (Å²) >= 11 is 5.80. The molecule has 242 valence electrons. The zero-order chi connectivity index (χ0) is 32.8. The number of hydrogen-bond donors (Lipinski definition) is 1. The molecule has 0 unspecified atom stereocenters. The van der Waals surface area contributed by atoms with Crippen molar-refractivity contribution in [3.8, 4) is 5.75 Å². The van der Waals surface area contributed by atoms with Crippen LogP contribution < -0.4 is 9.64 Å². The molecular weight excluding hydrogens is 649 g/mol. The van der Waals surface area contributed by atoms with Crippen LogP contribution in [0.2, 0.25) is 5.02 Å². The Kier molecular flexibility index (Phi) is 9.19. The number of halogens is 8. The summed E-state index contributed by atoms with van der Waals surface area (Å²) < 4.78 is 116. The number of sulfone groups is 1. The highest BCUT2D eigenvalue weighted by Crippen LogP contribution is 2.46. The molecule has 0 spiro atoms. The Labute approximate surface area is 252 Å². The number of hydrogen-bond acceptors (Lipinski definition) is 7. The molecule has 17 heteroatoms. The van der Waals surface area contributed by atoms with Crippen LogP contribution >= 0.6 is 11.6 Å². The molecule has 8 nitrogen and oxygen atoms in total. The molecule has 2 aliphatic carbocycles. The van der Waals surface area contributed by atoms with Crippen LogP contribution in [0.15, 0.2) is 24.4 Å². The number of rotatable bonds is 9. The summed E-state index contributed by atoms with van der Waals surface area (Å²) in [6.45, 7) is 3.03. The second-order valence-electron chi connectivity index (χ2n) is 11.4. The van der Waals surface area contributed by atoms with Crippen LogP contribution in [-0.2, 0) is 20.8 Å². The second kappa shape index (κ2) is 12.0. The first-order chi connectivity index (χ1) is 20.2. The fourth-order valence-corrected chi connectivity index (χ4v) is 6.48. The Balaban J connectivity index is 0.000000566. The summed E-state index contributed by atoms with van der Waals surface area (Å²) in [5.41, 5.74) is -0.915. The van der Waals surface area contributed by atoms with Gasteiger partial charge in [0.1, 0.15) is 23.1 Å². The van der Waals surface area contributed by atoms with E-state index in [0.29, 0.717) is 49.3 Å². The van der Waals surface area contributed by atoms with Gasteiger partial charge in [0.2, 0.25) is 0 Å². The lowest BCUT2D eigenvalue weighted by Crippen LogP contribution is -2.58. The average molecular weight is 675 g/mol. The summed E-state index contributed by atoms with van der Waals surface area (Å²) in [7, 11) is -3.57. The Morgan fingerprint density at radius 1 is 1.09 bits per heavy atom. The van der Waals surface area contributed by atoms with Crippen LogP contribution in [0.4, 0.5) is 36.6 Å². The van der Waals surface area contributed by atoms with Gasteiger partial charge in [0, 0.05) is 30.8 Å². The minimum atomic E-state index is -5.08. The monoisotopic (exact) mass is 674 g/mol. The maximum Gasteiger partial charge on any atom is 0.490 e. The minimum Gasteiger partial charge on any atom is -0.492 e. The molecule has 0 atom stereocenters. The number of carbonyl (C=O) groups excluding carboxylic acids is 1. The zero-order valence-electron chi connectivity index (χ0n) is 22.9. The SMILES string of the molecule is CC1(COc2cc(F)c(C(=O)CS(=O)(=O)C3CC3)cc2C2CC2)CN(c2cc(Cl)c(C(F)(F)F)cn2)C1.O=C(O)C(F)(F)F. The van der Waals surface area contributed by atoms with Gasteiger partial charge in [-0.1, -0.05) is 18.5 Å². The third kappa shape index (κ3) is 8.11. The van der Waals surface area contributed by atoms with Crippen molar-refractivity contribution in [2.45, 2.75) is 56.1 Å². The number of nitrogens with zero attached hydrogens (tertiary/aromatic N) is 2. The molecule has 1 aromatic carbocycles. The first-order valence-corrected chi connectivity index (χ1v) is 15.3. The molecule has 44 heavy (non-hydrogen) atoms. The number of anilines is 1. The molecule has 2 saturated carbocycles. The number of benzene rings is 1. The number of aromatic nitrogens is 1. The topological polar surface area (TPSA) is 114 Å². The van der Waals surface area contributed by atoms with E-state index in [1.165, 1.54) is 12.1 Å². The molecule has 0 amide bonds. The molecule has 1 N–H and O–H groups in total. The van der Waals surface area contributed by atoms with Gasteiger partial charge in [-0.2, -0.15) is 26.3 Å². The Morgan fingerprint density at radius 2 is 1.68 bits per heavy atom. The predicted molar refractivity (Wildman–Crippen MR) is 143 cm³/mol. The van der Waals surface area contributed by atoms with Gasteiger partial charge < -0.3 is 14.7 Å². The molecule has 0 radical (unpaired) electrons. The summed E-state index contributed by atoms with van der Waals surface area (Å²) in [4.78, 5) is 27.2.